The SMILES string of the molecule is CC(C)OC1(O)c2cccc(F)c2CCN1C(=O)OC(C)(C)C. The number of fused-ring (bicyclic) bond motifs is 1. The Morgan fingerprint density at radius 3 is 2.61 bits per heavy atom. The maximum Gasteiger partial charge on any atom is 0.414 e. The first kappa shape index (κ1) is 17.7. The number of ether oxygens (including phenoxy) is 2. The third-order valence-electron chi connectivity index (χ3n) is 3.43. The molecular weight excluding hydrogens is 301 g/mol. The van der Waals surface area contributed by atoms with E-state index >= 15 is 0 Å². The summed E-state index contributed by atoms with van der Waals surface area (Å²) in [6.07, 6.45) is -0.792. The Hall–Kier alpha value is -1.66. The number of hydrogen-bond donors (Lipinski definition) is 1. The minimum atomic E-state index is -2.05. The Morgan fingerprint density at radius 2 is 2.04 bits per heavy atom. The summed E-state index contributed by atoms with van der Waals surface area (Å²) >= 11 is 0. The van der Waals surface area contributed by atoms with Gasteiger partial charge in [-0.25, -0.2) is 9.18 Å². The molecule has 2 rings (SSSR count). The molecule has 0 spiro atoms. The Labute approximate surface area is 136 Å². The van der Waals surface area contributed by atoms with Gasteiger partial charge in [-0.15, -0.1) is 0 Å². The van der Waals surface area contributed by atoms with Crippen LogP contribution in [-0.4, -0.2) is 34.3 Å². The van der Waals surface area contributed by atoms with Gasteiger partial charge in [0.2, 0.25) is 0 Å². The van der Waals surface area contributed by atoms with Gasteiger partial charge in [0.15, 0.2) is 0 Å². The lowest BCUT2D eigenvalue weighted by Crippen LogP contribution is -2.57. The average Bonchev–Trinajstić information content (AvgIpc) is 2.36. The van der Waals surface area contributed by atoms with Crippen LogP contribution < -0.4 is 0 Å². The van der Waals surface area contributed by atoms with Gasteiger partial charge in [-0.1, -0.05) is 12.1 Å². The summed E-state index contributed by atoms with van der Waals surface area (Å²) < 4.78 is 25.0. The molecule has 0 saturated carbocycles. The molecule has 6 heteroatoms. The highest BCUT2D eigenvalue weighted by molar-refractivity contribution is 5.69. The van der Waals surface area contributed by atoms with E-state index in [4.69, 9.17) is 9.47 Å². The minimum absolute atomic E-state index is 0.103. The number of hydrogen-bond acceptors (Lipinski definition) is 4. The molecule has 1 atom stereocenters. The van der Waals surface area contributed by atoms with Crippen LogP contribution in [0.5, 0.6) is 0 Å². The first-order valence-electron chi connectivity index (χ1n) is 7.73. The quantitative estimate of drug-likeness (QED) is 0.849. The Kier molecular flexibility index (Phi) is 4.69. The lowest BCUT2D eigenvalue weighted by molar-refractivity contribution is -0.311. The summed E-state index contributed by atoms with van der Waals surface area (Å²) in [7, 11) is 0. The molecule has 1 aromatic carbocycles. The van der Waals surface area contributed by atoms with Gasteiger partial charge < -0.3 is 14.6 Å². The fourth-order valence-electron chi connectivity index (χ4n) is 2.63. The van der Waals surface area contributed by atoms with Crippen molar-refractivity contribution in [3.8, 4) is 0 Å². The molecule has 1 aliphatic rings. The van der Waals surface area contributed by atoms with E-state index in [1.807, 2.05) is 0 Å². The van der Waals surface area contributed by atoms with E-state index < -0.39 is 23.4 Å². The van der Waals surface area contributed by atoms with Crippen molar-refractivity contribution in [1.29, 1.82) is 0 Å². The van der Waals surface area contributed by atoms with Crippen LogP contribution in [0, 0.1) is 5.82 Å². The largest absolute Gasteiger partial charge is 0.444 e. The van der Waals surface area contributed by atoms with Gasteiger partial charge in [-0.3, -0.25) is 4.90 Å². The van der Waals surface area contributed by atoms with Crippen molar-refractivity contribution in [2.24, 2.45) is 0 Å². The van der Waals surface area contributed by atoms with Crippen LogP contribution in [0.4, 0.5) is 9.18 Å². The van der Waals surface area contributed by atoms with Gasteiger partial charge in [0, 0.05) is 17.7 Å². The molecule has 1 N–H and O–H groups in total. The van der Waals surface area contributed by atoms with Crippen LogP contribution in [0.3, 0.4) is 0 Å². The molecule has 0 fully saturated rings. The molecule has 1 aliphatic heterocycles. The highest BCUT2D eigenvalue weighted by atomic mass is 19.1. The van der Waals surface area contributed by atoms with Gasteiger partial charge in [0.25, 0.3) is 5.91 Å². The van der Waals surface area contributed by atoms with Gasteiger partial charge in [-0.2, -0.15) is 0 Å². The first-order valence-corrected chi connectivity index (χ1v) is 7.73. The van der Waals surface area contributed by atoms with Crippen LogP contribution in [-0.2, 0) is 21.8 Å². The molecule has 1 amide bonds. The minimum Gasteiger partial charge on any atom is -0.444 e. The first-order chi connectivity index (χ1) is 10.5. The van der Waals surface area contributed by atoms with E-state index in [-0.39, 0.29) is 24.6 Å². The van der Waals surface area contributed by atoms with Crippen molar-refractivity contribution in [1.82, 2.24) is 4.90 Å². The van der Waals surface area contributed by atoms with Crippen molar-refractivity contribution >= 4 is 6.09 Å². The number of halogens is 1. The molecule has 0 radical (unpaired) electrons. The van der Waals surface area contributed by atoms with Gasteiger partial charge in [0.1, 0.15) is 11.4 Å². The zero-order chi connectivity index (χ0) is 17.4. The number of nitrogens with zero attached hydrogens (tertiary/aromatic N) is 1. The monoisotopic (exact) mass is 325 g/mol. The highest BCUT2D eigenvalue weighted by Crippen LogP contribution is 2.37. The van der Waals surface area contributed by atoms with Crippen LogP contribution in [0.1, 0.15) is 45.7 Å². The maximum atomic E-state index is 14.1. The molecule has 0 saturated heterocycles. The number of benzene rings is 1. The number of rotatable bonds is 2. The lowest BCUT2D eigenvalue weighted by Gasteiger charge is -2.44. The van der Waals surface area contributed by atoms with Crippen LogP contribution in [0.25, 0.3) is 0 Å². The Balaban J connectivity index is 2.46. The molecule has 0 aliphatic carbocycles. The topological polar surface area (TPSA) is 59.0 Å². The van der Waals surface area contributed by atoms with Gasteiger partial charge in [-0.05, 0) is 47.1 Å². The van der Waals surface area contributed by atoms with E-state index in [1.165, 1.54) is 12.1 Å². The molecule has 5 nitrogen and oxygen atoms in total. The zero-order valence-electron chi connectivity index (χ0n) is 14.2. The molecule has 1 unspecified atom stereocenters. The Bertz CT molecular complexity index is 597. The predicted octanol–water partition coefficient (Wildman–Crippen LogP) is 3.15. The standard InChI is InChI=1S/C17H24FNO4/c1-11(2)22-17(21)13-7-6-8-14(18)12(13)9-10-19(17)15(20)23-16(3,4)5/h6-8,11,21H,9-10H2,1-5H3. The van der Waals surface area contributed by atoms with Crippen molar-refractivity contribution < 1.29 is 23.8 Å². The van der Waals surface area contributed by atoms with E-state index in [1.54, 1.807) is 40.7 Å². The van der Waals surface area contributed by atoms with Gasteiger partial charge >= 0.3 is 6.09 Å². The molecule has 1 aromatic rings. The van der Waals surface area contributed by atoms with E-state index in [0.29, 0.717) is 5.56 Å². The summed E-state index contributed by atoms with van der Waals surface area (Å²) in [5.74, 6) is -2.47. The Morgan fingerprint density at radius 1 is 1.39 bits per heavy atom. The van der Waals surface area contributed by atoms with E-state index in [2.05, 4.69) is 0 Å². The van der Waals surface area contributed by atoms with Gasteiger partial charge in [0.05, 0.1) is 6.10 Å². The second-order valence-corrected chi connectivity index (χ2v) is 6.92. The zero-order valence-corrected chi connectivity index (χ0v) is 14.2. The third kappa shape index (κ3) is 3.64. The number of aliphatic hydroxyl groups is 1. The number of carbonyl (C=O) groups excluding carboxylic acids is 1. The van der Waals surface area contributed by atoms with Crippen molar-refractivity contribution in [3.63, 3.8) is 0 Å². The summed E-state index contributed by atoms with van der Waals surface area (Å²) in [5.41, 5.74) is -0.114. The molecule has 0 aromatic heterocycles. The highest BCUT2D eigenvalue weighted by Gasteiger charge is 2.48. The smallest absolute Gasteiger partial charge is 0.414 e. The maximum absolute atomic E-state index is 14.1. The second kappa shape index (κ2) is 6.09. The molecule has 23 heavy (non-hydrogen) atoms. The van der Waals surface area contributed by atoms with Crippen LogP contribution in [0.2, 0.25) is 0 Å². The van der Waals surface area contributed by atoms with Crippen LogP contribution in [0.15, 0.2) is 18.2 Å². The fraction of sp³-hybridized carbons (Fsp3) is 0.588. The summed E-state index contributed by atoms with van der Waals surface area (Å²) in [5, 5.41) is 11.1. The average molecular weight is 325 g/mol. The van der Waals surface area contributed by atoms with E-state index in [9.17, 15) is 14.3 Å². The molecule has 0 bridgehead atoms. The number of amides is 1. The second-order valence-electron chi connectivity index (χ2n) is 6.92. The predicted molar refractivity (Wildman–Crippen MR) is 83.2 cm³/mol. The lowest BCUT2D eigenvalue weighted by atomic mass is 9.95. The molecular formula is C17H24FNO4. The van der Waals surface area contributed by atoms with Crippen molar-refractivity contribution in [3.05, 3.63) is 35.1 Å². The van der Waals surface area contributed by atoms with E-state index in [0.717, 1.165) is 4.90 Å². The van der Waals surface area contributed by atoms with Crippen molar-refractivity contribution in [2.75, 3.05) is 6.54 Å². The molecule has 128 valence electrons. The van der Waals surface area contributed by atoms with Crippen LogP contribution >= 0.6 is 0 Å². The number of carbonyl (C=O) groups is 1. The third-order valence-corrected chi connectivity index (χ3v) is 3.43. The molecule has 1 heterocycles. The summed E-state index contributed by atoms with van der Waals surface area (Å²) in [6, 6.07) is 4.39. The fourth-order valence-corrected chi connectivity index (χ4v) is 2.63. The summed E-state index contributed by atoms with van der Waals surface area (Å²) in [6.45, 7) is 8.80. The summed E-state index contributed by atoms with van der Waals surface area (Å²) in [4.78, 5) is 13.6. The van der Waals surface area contributed by atoms with Crippen molar-refractivity contribution in [2.45, 2.75) is 58.7 Å². The normalized spacial score (nSPS) is 21.3.